The van der Waals surface area contributed by atoms with Crippen LogP contribution in [-0.2, 0) is 9.53 Å². The van der Waals surface area contributed by atoms with E-state index in [-0.39, 0.29) is 5.91 Å². The number of nitrogens with one attached hydrogen (secondary N) is 1. The number of hydrogen-bond acceptors (Lipinski definition) is 3. The van der Waals surface area contributed by atoms with Gasteiger partial charge in [0.05, 0.1) is 13.0 Å². The molecule has 1 aliphatic heterocycles. The molecule has 2 aliphatic carbocycles. The molecule has 3 rings (SSSR count). The van der Waals surface area contributed by atoms with Crippen LogP contribution in [0.1, 0.15) is 32.1 Å². The third-order valence-corrected chi connectivity index (χ3v) is 5.45. The molecule has 1 saturated heterocycles. The van der Waals surface area contributed by atoms with Crippen LogP contribution in [0.2, 0.25) is 0 Å². The van der Waals surface area contributed by atoms with Crippen molar-refractivity contribution in [1.82, 2.24) is 10.2 Å². The molecule has 1 N–H and O–H groups in total. The van der Waals surface area contributed by atoms with E-state index in [0.29, 0.717) is 19.1 Å². The molecular weight excluding hydrogens is 264 g/mol. The fourth-order valence-corrected chi connectivity index (χ4v) is 4.13. The Morgan fingerprint density at radius 2 is 2.10 bits per heavy atom. The monoisotopic (exact) mass is 292 g/mol. The standard InChI is InChI=1S/C17H28N2O2/c1-21-9-6-17(20)19-7-4-16(5-8-19)18-12-15-11-13-2-3-14(15)10-13/h2-3,13-16,18H,4-12H2,1H3/t13-,14-,15-/m0/s1. The van der Waals surface area contributed by atoms with E-state index in [1.54, 1.807) is 7.11 Å². The first kappa shape index (κ1) is 15.0. The Balaban J connectivity index is 1.34. The summed E-state index contributed by atoms with van der Waals surface area (Å²) in [6.07, 6.45) is 10.3. The van der Waals surface area contributed by atoms with Gasteiger partial charge in [0.15, 0.2) is 0 Å². The van der Waals surface area contributed by atoms with Gasteiger partial charge >= 0.3 is 0 Å². The minimum Gasteiger partial charge on any atom is -0.384 e. The summed E-state index contributed by atoms with van der Waals surface area (Å²) >= 11 is 0. The van der Waals surface area contributed by atoms with Crippen molar-refractivity contribution in [2.45, 2.75) is 38.1 Å². The van der Waals surface area contributed by atoms with Crippen molar-refractivity contribution in [1.29, 1.82) is 0 Å². The van der Waals surface area contributed by atoms with Crippen molar-refractivity contribution in [2.24, 2.45) is 17.8 Å². The van der Waals surface area contributed by atoms with Gasteiger partial charge in [0.1, 0.15) is 0 Å². The van der Waals surface area contributed by atoms with Gasteiger partial charge in [0, 0.05) is 26.2 Å². The number of hydrogen-bond donors (Lipinski definition) is 1. The lowest BCUT2D eigenvalue weighted by molar-refractivity contribution is -0.133. The van der Waals surface area contributed by atoms with Crippen LogP contribution >= 0.6 is 0 Å². The Morgan fingerprint density at radius 1 is 1.29 bits per heavy atom. The Hall–Kier alpha value is -0.870. The maximum absolute atomic E-state index is 11.9. The minimum absolute atomic E-state index is 0.244. The van der Waals surface area contributed by atoms with Crippen LogP contribution in [0.25, 0.3) is 0 Å². The number of rotatable bonds is 6. The summed E-state index contributed by atoms with van der Waals surface area (Å²) in [7, 11) is 1.65. The van der Waals surface area contributed by atoms with Gasteiger partial charge < -0.3 is 15.0 Å². The quantitative estimate of drug-likeness (QED) is 0.759. The summed E-state index contributed by atoms with van der Waals surface area (Å²) in [5.41, 5.74) is 0. The second-order valence-electron chi connectivity index (χ2n) is 6.85. The minimum atomic E-state index is 0.244. The van der Waals surface area contributed by atoms with Crippen molar-refractivity contribution in [3.63, 3.8) is 0 Å². The molecule has 21 heavy (non-hydrogen) atoms. The van der Waals surface area contributed by atoms with Crippen molar-refractivity contribution in [2.75, 3.05) is 33.4 Å². The molecule has 0 unspecified atom stereocenters. The lowest BCUT2D eigenvalue weighted by atomic mass is 9.93. The predicted octanol–water partition coefficient (Wildman–Crippen LogP) is 1.82. The van der Waals surface area contributed by atoms with Gasteiger partial charge in [-0.2, -0.15) is 0 Å². The third-order valence-electron chi connectivity index (χ3n) is 5.45. The molecule has 0 spiro atoms. The van der Waals surface area contributed by atoms with Gasteiger partial charge in [-0.1, -0.05) is 12.2 Å². The van der Waals surface area contributed by atoms with Crippen molar-refractivity contribution >= 4 is 5.91 Å². The van der Waals surface area contributed by atoms with Crippen LogP contribution in [0.3, 0.4) is 0 Å². The zero-order valence-corrected chi connectivity index (χ0v) is 13.1. The van der Waals surface area contributed by atoms with E-state index < -0.39 is 0 Å². The van der Waals surface area contributed by atoms with Gasteiger partial charge in [-0.3, -0.25) is 4.79 Å². The molecule has 1 amide bonds. The zero-order chi connectivity index (χ0) is 14.7. The van der Waals surface area contributed by atoms with Crippen molar-refractivity contribution in [3.8, 4) is 0 Å². The van der Waals surface area contributed by atoms with Gasteiger partial charge in [0.25, 0.3) is 0 Å². The summed E-state index contributed by atoms with van der Waals surface area (Å²) in [6.45, 7) is 3.50. The number of fused-ring (bicyclic) bond motifs is 2. The van der Waals surface area contributed by atoms with E-state index in [2.05, 4.69) is 17.5 Å². The normalized spacial score (nSPS) is 32.0. The Bertz CT molecular complexity index is 388. The lowest BCUT2D eigenvalue weighted by Gasteiger charge is -2.33. The SMILES string of the molecule is COCCC(=O)N1CCC(NC[C@@H]2C[C@H]3C=C[C@H]2C3)CC1. The highest BCUT2D eigenvalue weighted by molar-refractivity contribution is 5.76. The predicted molar refractivity (Wildman–Crippen MR) is 82.9 cm³/mol. The smallest absolute Gasteiger partial charge is 0.224 e. The van der Waals surface area contributed by atoms with Crippen LogP contribution in [0, 0.1) is 17.8 Å². The first-order valence-electron chi connectivity index (χ1n) is 8.44. The van der Waals surface area contributed by atoms with E-state index in [0.717, 1.165) is 50.2 Å². The number of amides is 1. The number of carbonyl (C=O) groups is 1. The summed E-state index contributed by atoms with van der Waals surface area (Å²) in [6, 6.07) is 0.597. The first-order chi connectivity index (χ1) is 10.3. The van der Waals surface area contributed by atoms with E-state index in [4.69, 9.17) is 4.74 Å². The molecule has 0 aromatic heterocycles. The van der Waals surface area contributed by atoms with E-state index in [9.17, 15) is 4.79 Å². The van der Waals surface area contributed by atoms with Crippen LogP contribution in [0.4, 0.5) is 0 Å². The average molecular weight is 292 g/mol. The average Bonchev–Trinajstić information content (AvgIpc) is 3.14. The number of likely N-dealkylation sites (tertiary alicyclic amines) is 1. The molecule has 3 atom stereocenters. The number of piperidine rings is 1. The number of ether oxygens (including phenoxy) is 1. The zero-order valence-electron chi connectivity index (χ0n) is 13.1. The van der Waals surface area contributed by atoms with E-state index >= 15 is 0 Å². The molecule has 0 aromatic carbocycles. The van der Waals surface area contributed by atoms with Crippen LogP contribution < -0.4 is 5.32 Å². The second-order valence-corrected chi connectivity index (χ2v) is 6.85. The number of nitrogens with zero attached hydrogens (tertiary/aromatic N) is 1. The molecule has 2 bridgehead atoms. The molecule has 0 aromatic rings. The van der Waals surface area contributed by atoms with Gasteiger partial charge in [0.2, 0.25) is 5.91 Å². The summed E-state index contributed by atoms with van der Waals surface area (Å²) < 4.78 is 4.98. The number of carbonyl (C=O) groups excluding carboxylic acids is 1. The summed E-state index contributed by atoms with van der Waals surface area (Å²) in [4.78, 5) is 13.9. The highest BCUT2D eigenvalue weighted by Crippen LogP contribution is 2.43. The molecule has 0 radical (unpaired) electrons. The highest BCUT2D eigenvalue weighted by atomic mass is 16.5. The molecule has 1 saturated carbocycles. The second kappa shape index (κ2) is 6.93. The maximum atomic E-state index is 11.9. The number of allylic oxidation sites excluding steroid dienone is 2. The van der Waals surface area contributed by atoms with Gasteiger partial charge in [-0.15, -0.1) is 0 Å². The largest absolute Gasteiger partial charge is 0.384 e. The topological polar surface area (TPSA) is 41.6 Å². The van der Waals surface area contributed by atoms with E-state index in [1.807, 2.05) is 4.90 Å². The summed E-state index contributed by atoms with van der Waals surface area (Å²) in [5, 5.41) is 3.75. The Labute approximate surface area is 127 Å². The van der Waals surface area contributed by atoms with E-state index in [1.165, 1.54) is 12.8 Å². The fraction of sp³-hybridized carbons (Fsp3) is 0.824. The number of methoxy groups -OCH3 is 1. The Morgan fingerprint density at radius 3 is 2.71 bits per heavy atom. The lowest BCUT2D eigenvalue weighted by Crippen LogP contribution is -2.46. The first-order valence-corrected chi connectivity index (χ1v) is 8.44. The molecule has 118 valence electrons. The summed E-state index contributed by atoms with van der Waals surface area (Å²) in [5.74, 6) is 2.79. The van der Waals surface area contributed by atoms with Gasteiger partial charge in [-0.25, -0.2) is 0 Å². The van der Waals surface area contributed by atoms with Crippen molar-refractivity contribution < 1.29 is 9.53 Å². The highest BCUT2D eigenvalue weighted by Gasteiger charge is 2.35. The molecular formula is C17H28N2O2. The van der Waals surface area contributed by atoms with Crippen LogP contribution in [-0.4, -0.2) is 50.2 Å². The Kier molecular flexibility index (Phi) is 4.96. The van der Waals surface area contributed by atoms with Crippen LogP contribution in [0.15, 0.2) is 12.2 Å². The van der Waals surface area contributed by atoms with Gasteiger partial charge in [-0.05, 0) is 50.0 Å². The van der Waals surface area contributed by atoms with Crippen LogP contribution in [0.5, 0.6) is 0 Å². The molecule has 4 nitrogen and oxygen atoms in total. The molecule has 1 heterocycles. The molecule has 2 fully saturated rings. The maximum Gasteiger partial charge on any atom is 0.224 e. The third kappa shape index (κ3) is 3.67. The molecule has 4 heteroatoms. The molecule has 3 aliphatic rings. The van der Waals surface area contributed by atoms with Crippen molar-refractivity contribution in [3.05, 3.63) is 12.2 Å². The fourth-order valence-electron chi connectivity index (χ4n) is 4.13.